The third-order valence-corrected chi connectivity index (χ3v) is 1.33. The largest absolute Gasteiger partial charge is 0.328 e. The first-order chi connectivity index (χ1) is 3.42. The Morgan fingerprint density at radius 3 is 1.88 bits per heavy atom. The summed E-state index contributed by atoms with van der Waals surface area (Å²) in [6.45, 7) is 3.35. The smallest absolute Gasteiger partial charge is 0.328 e. The summed E-state index contributed by atoms with van der Waals surface area (Å²) in [5.74, 6) is 0. The van der Waals surface area contributed by atoms with Gasteiger partial charge in [-0.2, -0.15) is 0 Å². The van der Waals surface area contributed by atoms with Gasteiger partial charge in [-0.1, -0.05) is 15.9 Å². The molecule has 50 valence electrons. The lowest BCUT2D eigenvalue weighted by molar-refractivity contribution is 0.179. The van der Waals surface area contributed by atoms with Crippen molar-refractivity contribution in [3.05, 3.63) is 0 Å². The summed E-state index contributed by atoms with van der Waals surface area (Å²) in [5.41, 5.74) is 0. The van der Waals surface area contributed by atoms with Gasteiger partial charge in [-0.15, -0.1) is 0 Å². The molecular weight excluding hydrogens is 195 g/mol. The van der Waals surface area contributed by atoms with Gasteiger partial charge >= 0.3 is 8.60 Å². The van der Waals surface area contributed by atoms with Crippen LogP contribution in [0.2, 0.25) is 0 Å². The molecule has 0 heterocycles. The van der Waals surface area contributed by atoms with Crippen molar-refractivity contribution >= 4 is 24.5 Å². The Kier molecular flexibility index (Phi) is 3.39. The van der Waals surface area contributed by atoms with Crippen LogP contribution in [0.4, 0.5) is 0 Å². The molecule has 0 aliphatic heterocycles. The maximum Gasteiger partial charge on any atom is 0.328 e. The molecule has 0 aromatic carbocycles. The molecule has 0 rings (SSSR count). The van der Waals surface area contributed by atoms with E-state index in [4.69, 9.17) is 9.79 Å². The quantitative estimate of drug-likeness (QED) is 0.525. The van der Waals surface area contributed by atoms with Gasteiger partial charge in [-0.05, 0) is 13.8 Å². The van der Waals surface area contributed by atoms with Crippen molar-refractivity contribution < 1.29 is 14.3 Å². The molecule has 0 saturated heterocycles. The SMILES string of the molecule is CC(C)(Br)OP(O)O. The number of alkyl halides is 1. The lowest BCUT2D eigenvalue weighted by atomic mass is 10.5. The molecule has 5 heteroatoms. The number of hydrogen-bond donors (Lipinski definition) is 2. The standard InChI is InChI=1S/C3H8BrO3P/c1-3(2,4)7-8(5)6/h5-6H,1-2H3. The predicted octanol–water partition coefficient (Wildman–Crippen LogP) is 1.35. The average Bonchev–Trinajstić information content (AvgIpc) is 1.21. The van der Waals surface area contributed by atoms with Crippen LogP contribution in [0.3, 0.4) is 0 Å². The second kappa shape index (κ2) is 3.08. The molecule has 0 saturated carbocycles. The van der Waals surface area contributed by atoms with Gasteiger partial charge in [0.05, 0.1) is 0 Å². The van der Waals surface area contributed by atoms with Gasteiger partial charge < -0.3 is 9.79 Å². The predicted molar refractivity (Wildman–Crippen MR) is 35.4 cm³/mol. The molecule has 0 fully saturated rings. The van der Waals surface area contributed by atoms with Crippen LogP contribution in [0, 0.1) is 0 Å². The fourth-order valence-electron chi connectivity index (χ4n) is 0.194. The highest BCUT2D eigenvalue weighted by atomic mass is 79.9. The van der Waals surface area contributed by atoms with Crippen molar-refractivity contribution in [3.8, 4) is 0 Å². The highest BCUT2D eigenvalue weighted by Crippen LogP contribution is 2.35. The molecule has 0 bridgehead atoms. The van der Waals surface area contributed by atoms with E-state index in [-0.39, 0.29) is 0 Å². The van der Waals surface area contributed by atoms with Crippen LogP contribution >= 0.6 is 24.5 Å². The van der Waals surface area contributed by atoms with Gasteiger partial charge in [0.1, 0.15) is 4.51 Å². The van der Waals surface area contributed by atoms with Crippen molar-refractivity contribution in [2.75, 3.05) is 0 Å². The molecular formula is C3H8BrO3P. The lowest BCUT2D eigenvalue weighted by Crippen LogP contribution is -2.10. The van der Waals surface area contributed by atoms with Crippen LogP contribution in [0.5, 0.6) is 0 Å². The Labute approximate surface area is 57.8 Å². The summed E-state index contributed by atoms with van der Waals surface area (Å²) in [5, 5.41) is 0. The van der Waals surface area contributed by atoms with E-state index in [0.29, 0.717) is 0 Å². The van der Waals surface area contributed by atoms with Crippen molar-refractivity contribution in [2.24, 2.45) is 0 Å². The van der Waals surface area contributed by atoms with Crippen LogP contribution in [0.25, 0.3) is 0 Å². The maximum absolute atomic E-state index is 8.26. The molecule has 0 aliphatic carbocycles. The molecule has 0 radical (unpaired) electrons. The summed E-state index contributed by atoms with van der Waals surface area (Å²) in [7, 11) is -2.24. The summed E-state index contributed by atoms with van der Waals surface area (Å²) >= 11 is 3.05. The monoisotopic (exact) mass is 202 g/mol. The first kappa shape index (κ1) is 8.79. The maximum atomic E-state index is 8.26. The van der Waals surface area contributed by atoms with Crippen LogP contribution in [-0.2, 0) is 4.52 Å². The second-order valence-electron chi connectivity index (χ2n) is 1.71. The molecule has 8 heavy (non-hydrogen) atoms. The van der Waals surface area contributed by atoms with Gasteiger partial charge in [0.2, 0.25) is 0 Å². The van der Waals surface area contributed by atoms with E-state index in [0.717, 1.165) is 0 Å². The van der Waals surface area contributed by atoms with E-state index in [2.05, 4.69) is 20.5 Å². The van der Waals surface area contributed by atoms with Gasteiger partial charge in [0.15, 0.2) is 0 Å². The zero-order chi connectivity index (χ0) is 6.78. The molecule has 2 N–H and O–H groups in total. The summed E-state index contributed by atoms with van der Waals surface area (Å²) in [6.07, 6.45) is 0. The third kappa shape index (κ3) is 6.79. The summed E-state index contributed by atoms with van der Waals surface area (Å²) < 4.78 is 3.89. The molecule has 0 amide bonds. The van der Waals surface area contributed by atoms with Crippen molar-refractivity contribution in [1.82, 2.24) is 0 Å². The molecule has 0 aromatic rings. The number of halogens is 1. The third-order valence-electron chi connectivity index (χ3n) is 0.299. The second-order valence-corrected chi connectivity index (χ2v) is 4.31. The van der Waals surface area contributed by atoms with E-state index >= 15 is 0 Å². The zero-order valence-electron chi connectivity index (χ0n) is 4.63. The Balaban J connectivity index is 3.39. The fourth-order valence-corrected chi connectivity index (χ4v) is 0.971. The van der Waals surface area contributed by atoms with E-state index in [1.807, 2.05) is 0 Å². The molecule has 3 nitrogen and oxygen atoms in total. The number of rotatable bonds is 2. The summed E-state index contributed by atoms with van der Waals surface area (Å²) in [4.78, 5) is 16.5. The highest BCUT2D eigenvalue weighted by Gasteiger charge is 2.17. The van der Waals surface area contributed by atoms with Crippen molar-refractivity contribution in [3.63, 3.8) is 0 Å². The van der Waals surface area contributed by atoms with Gasteiger partial charge in [-0.3, -0.25) is 4.52 Å². The van der Waals surface area contributed by atoms with Gasteiger partial charge in [-0.25, -0.2) is 0 Å². The molecule has 0 spiro atoms. The van der Waals surface area contributed by atoms with Crippen molar-refractivity contribution in [1.29, 1.82) is 0 Å². The fraction of sp³-hybridized carbons (Fsp3) is 1.00. The molecule has 0 aromatic heterocycles. The molecule has 0 atom stereocenters. The minimum Gasteiger partial charge on any atom is -0.328 e. The Morgan fingerprint density at radius 2 is 1.88 bits per heavy atom. The minimum atomic E-state index is -2.24. The van der Waals surface area contributed by atoms with E-state index in [9.17, 15) is 0 Å². The lowest BCUT2D eigenvalue weighted by Gasteiger charge is -2.16. The van der Waals surface area contributed by atoms with Crippen LogP contribution in [0.1, 0.15) is 13.8 Å². The van der Waals surface area contributed by atoms with E-state index < -0.39 is 13.1 Å². The average molecular weight is 203 g/mol. The van der Waals surface area contributed by atoms with Crippen molar-refractivity contribution in [2.45, 2.75) is 18.4 Å². The Bertz CT molecular complexity index is 69.4. The normalized spacial score (nSPS) is 12.8. The highest BCUT2D eigenvalue weighted by molar-refractivity contribution is 9.10. The van der Waals surface area contributed by atoms with Gasteiger partial charge in [0.25, 0.3) is 0 Å². The van der Waals surface area contributed by atoms with Crippen LogP contribution in [-0.4, -0.2) is 14.3 Å². The first-order valence-corrected chi connectivity index (χ1v) is 3.93. The summed E-state index contributed by atoms with van der Waals surface area (Å²) in [6, 6.07) is 0. The van der Waals surface area contributed by atoms with E-state index in [1.54, 1.807) is 13.8 Å². The van der Waals surface area contributed by atoms with Crippen LogP contribution < -0.4 is 0 Å². The Hall–Kier alpha value is 0.790. The molecule has 0 unspecified atom stereocenters. The molecule has 0 aliphatic rings. The minimum absolute atomic E-state index is 0.637. The zero-order valence-corrected chi connectivity index (χ0v) is 7.11. The first-order valence-electron chi connectivity index (χ1n) is 1.98. The Morgan fingerprint density at radius 1 is 1.50 bits per heavy atom. The topological polar surface area (TPSA) is 49.7 Å². The van der Waals surface area contributed by atoms with Crippen LogP contribution in [0.15, 0.2) is 0 Å². The van der Waals surface area contributed by atoms with Gasteiger partial charge in [0, 0.05) is 0 Å². The van der Waals surface area contributed by atoms with E-state index in [1.165, 1.54) is 0 Å². The number of hydrogen-bond acceptors (Lipinski definition) is 3.